The molecule has 0 atom stereocenters. The van der Waals surface area contributed by atoms with Crippen LogP contribution in [0.5, 0.6) is 0 Å². The second-order valence-corrected chi connectivity index (χ2v) is 7.53. The summed E-state index contributed by atoms with van der Waals surface area (Å²) in [5.74, 6) is 0.942. The molecule has 0 aromatic heterocycles. The number of hydrogen-bond acceptors (Lipinski definition) is 3. The smallest absolute Gasteiger partial charge is 0.191 e. The Bertz CT molecular complexity index is 573. The SMILES string of the molecule is CCNC(=NCC1(c2ccccc2)CC1)NCCN(CCOC)C1CC1.I. The lowest BCUT2D eigenvalue weighted by molar-refractivity contribution is 0.144. The number of hydrogen-bond donors (Lipinski definition) is 2. The van der Waals surface area contributed by atoms with Crippen molar-refractivity contribution in [1.82, 2.24) is 15.5 Å². The lowest BCUT2D eigenvalue weighted by Crippen LogP contribution is -2.43. The number of methoxy groups -OCH3 is 1. The van der Waals surface area contributed by atoms with Crippen LogP contribution in [0.2, 0.25) is 0 Å². The van der Waals surface area contributed by atoms with Gasteiger partial charge < -0.3 is 15.4 Å². The van der Waals surface area contributed by atoms with Crippen molar-refractivity contribution in [2.45, 2.75) is 44.1 Å². The van der Waals surface area contributed by atoms with E-state index >= 15 is 0 Å². The highest BCUT2D eigenvalue weighted by Gasteiger charge is 2.44. The largest absolute Gasteiger partial charge is 0.383 e. The molecule has 1 aromatic rings. The number of nitrogens with zero attached hydrogens (tertiary/aromatic N) is 2. The van der Waals surface area contributed by atoms with E-state index in [4.69, 9.17) is 9.73 Å². The normalized spacial score (nSPS) is 18.1. The minimum absolute atomic E-state index is 0. The molecule has 6 heteroatoms. The van der Waals surface area contributed by atoms with E-state index in [0.717, 1.165) is 51.3 Å². The van der Waals surface area contributed by atoms with Gasteiger partial charge >= 0.3 is 0 Å². The number of guanidine groups is 1. The summed E-state index contributed by atoms with van der Waals surface area (Å²) in [5, 5.41) is 6.91. The minimum Gasteiger partial charge on any atom is -0.383 e. The first-order valence-corrected chi connectivity index (χ1v) is 10.1. The third-order valence-electron chi connectivity index (χ3n) is 5.46. The van der Waals surface area contributed by atoms with Gasteiger partial charge in [0.25, 0.3) is 0 Å². The van der Waals surface area contributed by atoms with Gasteiger partial charge in [0.15, 0.2) is 5.96 Å². The van der Waals surface area contributed by atoms with Crippen LogP contribution in [0.1, 0.15) is 38.2 Å². The van der Waals surface area contributed by atoms with Crippen LogP contribution >= 0.6 is 24.0 Å². The van der Waals surface area contributed by atoms with E-state index < -0.39 is 0 Å². The van der Waals surface area contributed by atoms with Gasteiger partial charge in [0, 0.05) is 44.7 Å². The molecule has 0 heterocycles. The van der Waals surface area contributed by atoms with Gasteiger partial charge in [-0.1, -0.05) is 30.3 Å². The van der Waals surface area contributed by atoms with E-state index in [9.17, 15) is 0 Å². The first-order chi connectivity index (χ1) is 12.8. The Kier molecular flexibility index (Phi) is 9.32. The summed E-state index contributed by atoms with van der Waals surface area (Å²) in [6.45, 7) is 7.67. The average molecular weight is 486 g/mol. The van der Waals surface area contributed by atoms with Crippen molar-refractivity contribution in [3.8, 4) is 0 Å². The summed E-state index contributed by atoms with van der Waals surface area (Å²) >= 11 is 0. The molecular formula is C21H35IN4O. The van der Waals surface area contributed by atoms with Gasteiger partial charge in [-0.3, -0.25) is 9.89 Å². The zero-order valence-electron chi connectivity index (χ0n) is 16.7. The summed E-state index contributed by atoms with van der Waals surface area (Å²) in [6, 6.07) is 11.6. The Hall–Kier alpha value is -0.860. The maximum Gasteiger partial charge on any atom is 0.191 e. The quantitative estimate of drug-likeness (QED) is 0.287. The topological polar surface area (TPSA) is 48.9 Å². The summed E-state index contributed by atoms with van der Waals surface area (Å²) in [6.07, 6.45) is 5.15. The van der Waals surface area contributed by atoms with Crippen LogP contribution in [0.25, 0.3) is 0 Å². The fraction of sp³-hybridized carbons (Fsp3) is 0.667. The molecule has 2 aliphatic carbocycles. The van der Waals surface area contributed by atoms with Crippen LogP contribution in [0.4, 0.5) is 0 Å². The zero-order valence-corrected chi connectivity index (χ0v) is 19.1. The number of nitrogens with one attached hydrogen (secondary N) is 2. The predicted octanol–water partition coefficient (Wildman–Crippen LogP) is 3.00. The predicted molar refractivity (Wildman–Crippen MR) is 123 cm³/mol. The van der Waals surface area contributed by atoms with Crippen LogP contribution in [-0.2, 0) is 10.2 Å². The van der Waals surface area contributed by atoms with E-state index in [1.807, 2.05) is 0 Å². The van der Waals surface area contributed by atoms with Crippen molar-refractivity contribution in [2.75, 3.05) is 46.4 Å². The first kappa shape index (κ1) is 22.4. The second kappa shape index (κ2) is 11.2. The Balaban J connectivity index is 0.00000261. The molecule has 0 unspecified atom stereocenters. The molecular weight excluding hydrogens is 451 g/mol. The van der Waals surface area contributed by atoms with Crippen LogP contribution in [0, 0.1) is 0 Å². The number of aliphatic imine (C=N–C) groups is 1. The maximum absolute atomic E-state index is 5.24. The van der Waals surface area contributed by atoms with Gasteiger partial charge in [-0.15, -0.1) is 24.0 Å². The van der Waals surface area contributed by atoms with E-state index in [-0.39, 0.29) is 29.4 Å². The van der Waals surface area contributed by atoms with E-state index in [2.05, 4.69) is 52.8 Å². The zero-order chi connectivity index (χ0) is 18.2. The third kappa shape index (κ3) is 6.91. The van der Waals surface area contributed by atoms with Gasteiger partial charge in [0.2, 0.25) is 0 Å². The van der Waals surface area contributed by atoms with Crippen molar-refractivity contribution in [3.05, 3.63) is 35.9 Å². The highest BCUT2D eigenvalue weighted by molar-refractivity contribution is 14.0. The number of rotatable bonds is 11. The molecule has 0 aliphatic heterocycles. The Morgan fingerprint density at radius 3 is 2.52 bits per heavy atom. The molecule has 0 bridgehead atoms. The fourth-order valence-corrected chi connectivity index (χ4v) is 3.50. The molecule has 3 rings (SSSR count). The van der Waals surface area contributed by atoms with Crippen molar-refractivity contribution in [1.29, 1.82) is 0 Å². The Morgan fingerprint density at radius 2 is 1.93 bits per heavy atom. The van der Waals surface area contributed by atoms with Gasteiger partial charge in [0.05, 0.1) is 13.2 Å². The molecule has 152 valence electrons. The Morgan fingerprint density at radius 1 is 1.19 bits per heavy atom. The fourth-order valence-electron chi connectivity index (χ4n) is 3.50. The number of ether oxygens (including phenoxy) is 1. The van der Waals surface area contributed by atoms with Crippen molar-refractivity contribution < 1.29 is 4.74 Å². The molecule has 27 heavy (non-hydrogen) atoms. The highest BCUT2D eigenvalue weighted by atomic mass is 127. The monoisotopic (exact) mass is 486 g/mol. The van der Waals surface area contributed by atoms with Gasteiger partial charge in [-0.2, -0.15) is 0 Å². The molecule has 2 fully saturated rings. The summed E-state index contributed by atoms with van der Waals surface area (Å²) in [4.78, 5) is 7.43. The van der Waals surface area contributed by atoms with Crippen LogP contribution in [-0.4, -0.2) is 63.3 Å². The lowest BCUT2D eigenvalue weighted by Gasteiger charge is -2.22. The van der Waals surface area contributed by atoms with Crippen molar-refractivity contribution >= 4 is 29.9 Å². The molecule has 5 nitrogen and oxygen atoms in total. The van der Waals surface area contributed by atoms with Crippen molar-refractivity contribution in [3.63, 3.8) is 0 Å². The third-order valence-corrected chi connectivity index (χ3v) is 5.46. The van der Waals surface area contributed by atoms with Crippen LogP contribution in [0.15, 0.2) is 35.3 Å². The molecule has 0 spiro atoms. The minimum atomic E-state index is 0. The Labute approximate surface area is 181 Å². The van der Waals surface area contributed by atoms with Crippen molar-refractivity contribution in [2.24, 2.45) is 4.99 Å². The molecule has 0 radical (unpaired) electrons. The van der Waals surface area contributed by atoms with E-state index in [0.29, 0.717) is 0 Å². The molecule has 0 saturated heterocycles. The van der Waals surface area contributed by atoms with Gasteiger partial charge in [0.1, 0.15) is 0 Å². The van der Waals surface area contributed by atoms with Crippen LogP contribution < -0.4 is 10.6 Å². The summed E-state index contributed by atoms with van der Waals surface area (Å²) in [5.41, 5.74) is 1.70. The maximum atomic E-state index is 5.24. The van der Waals surface area contributed by atoms with E-state index in [1.54, 1.807) is 7.11 Å². The summed E-state index contributed by atoms with van der Waals surface area (Å²) < 4.78 is 5.24. The average Bonchev–Trinajstić information content (AvgIpc) is 3.57. The molecule has 2 saturated carbocycles. The van der Waals surface area contributed by atoms with Gasteiger partial charge in [-0.05, 0) is 38.2 Å². The number of benzene rings is 1. The lowest BCUT2D eigenvalue weighted by atomic mass is 9.96. The molecule has 1 aromatic carbocycles. The molecule has 2 N–H and O–H groups in total. The standard InChI is InChI=1S/C21H34N4O.HI/c1-3-22-20(23-13-14-25(15-16-26-2)19-9-10-19)24-17-21(11-12-21)18-7-5-4-6-8-18;/h4-8,19H,3,9-17H2,1-2H3,(H2,22,23,24);1H. The number of halogens is 1. The molecule has 2 aliphatic rings. The van der Waals surface area contributed by atoms with Crippen LogP contribution in [0.3, 0.4) is 0 Å². The summed E-state index contributed by atoms with van der Waals surface area (Å²) in [7, 11) is 1.78. The van der Waals surface area contributed by atoms with Gasteiger partial charge in [-0.25, -0.2) is 0 Å². The highest BCUT2D eigenvalue weighted by Crippen LogP contribution is 2.48. The second-order valence-electron chi connectivity index (χ2n) is 7.53. The van der Waals surface area contributed by atoms with E-state index in [1.165, 1.54) is 31.2 Å². The molecule has 0 amide bonds. The first-order valence-electron chi connectivity index (χ1n) is 10.1.